The van der Waals surface area contributed by atoms with Gasteiger partial charge in [0, 0.05) is 28.3 Å². The van der Waals surface area contributed by atoms with E-state index in [4.69, 9.17) is 11.6 Å². The fourth-order valence-electron chi connectivity index (χ4n) is 2.03. The van der Waals surface area contributed by atoms with Gasteiger partial charge in [-0.05, 0) is 36.4 Å². The summed E-state index contributed by atoms with van der Waals surface area (Å²) in [6, 6.07) is 7.73. The molecule has 0 aliphatic heterocycles. The summed E-state index contributed by atoms with van der Waals surface area (Å²) in [7, 11) is -4.07. The molecule has 0 unspecified atom stereocenters. The minimum atomic E-state index is -4.07. The molecule has 0 spiro atoms. The number of nitrogens with zero attached hydrogens (tertiary/aromatic N) is 2. The molecule has 0 aliphatic rings. The maximum absolute atomic E-state index is 13.2. The van der Waals surface area contributed by atoms with Crippen LogP contribution in [0.25, 0.3) is 0 Å². The molecule has 0 saturated carbocycles. The summed E-state index contributed by atoms with van der Waals surface area (Å²) in [4.78, 5) is 12.2. The lowest BCUT2D eigenvalue weighted by atomic mass is 10.3. The van der Waals surface area contributed by atoms with Crippen molar-refractivity contribution in [3.05, 3.63) is 64.8 Å². The number of aromatic nitrogens is 2. The van der Waals surface area contributed by atoms with Gasteiger partial charge in [0.2, 0.25) is 9.84 Å². The third-order valence-electron chi connectivity index (χ3n) is 3.16. The van der Waals surface area contributed by atoms with Crippen LogP contribution in [0, 0.1) is 11.6 Å². The first-order valence-electron chi connectivity index (χ1n) is 6.88. The first-order chi connectivity index (χ1) is 12.3. The monoisotopic (exact) mass is 415 g/mol. The van der Waals surface area contributed by atoms with Crippen molar-refractivity contribution < 1.29 is 22.0 Å². The van der Waals surface area contributed by atoms with Gasteiger partial charge in [-0.15, -0.1) is 5.10 Å². The minimum absolute atomic E-state index is 0.0983. The van der Waals surface area contributed by atoms with Crippen LogP contribution in [0.3, 0.4) is 0 Å². The third-order valence-corrected chi connectivity index (χ3v) is 6.39. The number of benzene rings is 2. The number of carbonyl (C=O) groups excluding carboxylic acids is 1. The van der Waals surface area contributed by atoms with E-state index in [1.54, 1.807) is 0 Å². The van der Waals surface area contributed by atoms with Crippen LogP contribution in [-0.4, -0.2) is 23.9 Å². The summed E-state index contributed by atoms with van der Waals surface area (Å²) in [5.41, 5.74) is -0.662. The number of amides is 1. The number of hydrogen-bond donors (Lipinski definition) is 1. The number of nitrogens with one attached hydrogen (secondary N) is 1. The van der Waals surface area contributed by atoms with Gasteiger partial charge in [0.15, 0.2) is 9.90 Å². The molecule has 26 heavy (non-hydrogen) atoms. The number of anilines is 1. The molecule has 1 heterocycles. The van der Waals surface area contributed by atoms with Crippen molar-refractivity contribution in [1.29, 1.82) is 0 Å². The van der Waals surface area contributed by atoms with Gasteiger partial charge in [-0.3, -0.25) is 4.79 Å². The van der Waals surface area contributed by atoms with E-state index >= 15 is 0 Å². The summed E-state index contributed by atoms with van der Waals surface area (Å²) >= 11 is 6.25. The van der Waals surface area contributed by atoms with E-state index in [0.29, 0.717) is 22.6 Å². The second kappa shape index (κ2) is 7.06. The largest absolute Gasteiger partial charge is 0.320 e. The molecule has 0 radical (unpaired) electrons. The Labute approximate surface area is 155 Å². The molecule has 0 saturated heterocycles. The molecule has 0 atom stereocenters. The molecule has 1 amide bonds. The maximum Gasteiger partial charge on any atom is 0.278 e. The van der Waals surface area contributed by atoms with Gasteiger partial charge in [0.05, 0.1) is 4.90 Å². The smallest absolute Gasteiger partial charge is 0.278 e. The molecular weight excluding hydrogens is 408 g/mol. The van der Waals surface area contributed by atoms with Gasteiger partial charge in [0.25, 0.3) is 5.91 Å². The Morgan fingerprint density at radius 3 is 2.31 bits per heavy atom. The fourth-order valence-corrected chi connectivity index (χ4v) is 4.45. The summed E-state index contributed by atoms with van der Waals surface area (Å²) in [6.45, 7) is 0. The topological polar surface area (TPSA) is 89.0 Å². The van der Waals surface area contributed by atoms with Crippen LogP contribution < -0.4 is 5.32 Å². The highest BCUT2D eigenvalue weighted by atomic mass is 35.5. The fraction of sp³-hybridized carbons (Fsp3) is 0. The highest BCUT2D eigenvalue weighted by molar-refractivity contribution is 7.93. The van der Waals surface area contributed by atoms with Crippen LogP contribution in [0.4, 0.5) is 14.5 Å². The molecular formula is C15H8ClF2N3O3S2. The van der Waals surface area contributed by atoms with Crippen molar-refractivity contribution in [3.8, 4) is 0 Å². The number of hydrogen-bond acceptors (Lipinski definition) is 6. The quantitative estimate of drug-likeness (QED) is 0.703. The number of halogens is 3. The summed E-state index contributed by atoms with van der Waals surface area (Å²) in [5, 5.41) is 6.07. The van der Waals surface area contributed by atoms with Gasteiger partial charge in [-0.1, -0.05) is 16.1 Å². The van der Waals surface area contributed by atoms with E-state index in [1.165, 1.54) is 24.3 Å². The van der Waals surface area contributed by atoms with E-state index in [2.05, 4.69) is 14.9 Å². The van der Waals surface area contributed by atoms with Crippen molar-refractivity contribution in [3.63, 3.8) is 0 Å². The van der Waals surface area contributed by atoms with Crippen LogP contribution >= 0.6 is 23.1 Å². The Hall–Kier alpha value is -2.43. The Morgan fingerprint density at radius 2 is 1.69 bits per heavy atom. The lowest BCUT2D eigenvalue weighted by Gasteiger charge is -2.06. The predicted octanol–water partition coefficient (Wildman–Crippen LogP) is 3.55. The van der Waals surface area contributed by atoms with Crippen molar-refractivity contribution in [1.82, 2.24) is 9.59 Å². The lowest BCUT2D eigenvalue weighted by molar-refractivity contribution is 0.101. The molecule has 3 rings (SSSR count). The van der Waals surface area contributed by atoms with Crippen LogP contribution in [-0.2, 0) is 9.84 Å². The molecule has 1 N–H and O–H groups in total. The minimum Gasteiger partial charge on any atom is -0.320 e. The van der Waals surface area contributed by atoms with Crippen molar-refractivity contribution in [2.75, 3.05) is 5.32 Å². The molecule has 0 bridgehead atoms. The molecule has 0 aliphatic carbocycles. The predicted molar refractivity (Wildman–Crippen MR) is 91.1 cm³/mol. The summed E-state index contributed by atoms with van der Waals surface area (Å²) in [6.07, 6.45) is 0. The molecule has 0 fully saturated rings. The van der Waals surface area contributed by atoms with E-state index < -0.39 is 37.3 Å². The van der Waals surface area contributed by atoms with Crippen LogP contribution in [0.1, 0.15) is 10.5 Å². The summed E-state index contributed by atoms with van der Waals surface area (Å²) < 4.78 is 54.9. The van der Waals surface area contributed by atoms with Crippen molar-refractivity contribution in [2.24, 2.45) is 0 Å². The second-order valence-corrected chi connectivity index (χ2v) is 8.31. The molecule has 6 nitrogen and oxygen atoms in total. The summed E-state index contributed by atoms with van der Waals surface area (Å²) in [5.74, 6) is -2.76. The molecule has 134 valence electrons. The van der Waals surface area contributed by atoms with Gasteiger partial charge in [0.1, 0.15) is 11.6 Å². The van der Waals surface area contributed by atoms with Crippen molar-refractivity contribution in [2.45, 2.75) is 9.10 Å². The van der Waals surface area contributed by atoms with E-state index in [1.807, 2.05) is 0 Å². The first kappa shape index (κ1) is 18.4. The average molecular weight is 416 g/mol. The third kappa shape index (κ3) is 3.71. The SMILES string of the molecule is O=C(Nc1cc(F)cc(F)c1)c1nnsc1S(=O)(=O)c1ccc(Cl)cc1. The normalized spacial score (nSPS) is 11.3. The Balaban J connectivity index is 1.95. The maximum atomic E-state index is 13.2. The number of sulfone groups is 1. The van der Waals surface area contributed by atoms with Gasteiger partial charge < -0.3 is 5.32 Å². The van der Waals surface area contributed by atoms with Gasteiger partial charge in [-0.25, -0.2) is 17.2 Å². The highest BCUT2D eigenvalue weighted by Crippen LogP contribution is 2.27. The van der Waals surface area contributed by atoms with Crippen molar-refractivity contribution >= 4 is 44.6 Å². The van der Waals surface area contributed by atoms with Gasteiger partial charge in [-0.2, -0.15) is 0 Å². The molecule has 2 aromatic carbocycles. The standard InChI is InChI=1S/C15H8ClF2N3O3S2/c16-8-1-3-12(4-2-8)26(23,24)15-13(20-21-25-15)14(22)19-11-6-9(17)5-10(18)7-11/h1-7H,(H,19,22). The van der Waals surface area contributed by atoms with E-state index in [9.17, 15) is 22.0 Å². The zero-order valence-corrected chi connectivity index (χ0v) is 15.0. The van der Waals surface area contributed by atoms with E-state index in [0.717, 1.165) is 12.1 Å². The Morgan fingerprint density at radius 1 is 1.08 bits per heavy atom. The lowest BCUT2D eigenvalue weighted by Crippen LogP contribution is -2.16. The Bertz CT molecular complexity index is 1070. The molecule has 3 aromatic rings. The first-order valence-corrected chi connectivity index (χ1v) is 9.51. The number of rotatable bonds is 4. The van der Waals surface area contributed by atoms with Crippen LogP contribution in [0.15, 0.2) is 51.6 Å². The van der Waals surface area contributed by atoms with Crippen LogP contribution in [0.5, 0.6) is 0 Å². The Kier molecular flexibility index (Phi) is 4.99. The molecule has 11 heteroatoms. The highest BCUT2D eigenvalue weighted by Gasteiger charge is 2.29. The van der Waals surface area contributed by atoms with E-state index in [-0.39, 0.29) is 10.6 Å². The van der Waals surface area contributed by atoms with Gasteiger partial charge >= 0.3 is 0 Å². The zero-order valence-electron chi connectivity index (χ0n) is 12.6. The zero-order chi connectivity index (χ0) is 18.9. The van der Waals surface area contributed by atoms with Crippen LogP contribution in [0.2, 0.25) is 5.02 Å². The molecule has 1 aromatic heterocycles. The average Bonchev–Trinajstić information content (AvgIpc) is 3.05. The number of carbonyl (C=O) groups is 1. The second-order valence-electron chi connectivity index (χ2n) is 4.98.